The van der Waals surface area contributed by atoms with Crippen molar-refractivity contribution in [3.05, 3.63) is 82.1 Å². The molecule has 1 amide bonds. The molecule has 3 aliphatic rings. The lowest BCUT2D eigenvalue weighted by molar-refractivity contribution is 0.0747. The van der Waals surface area contributed by atoms with Gasteiger partial charge < -0.3 is 24.0 Å². The molecule has 0 unspecified atom stereocenters. The van der Waals surface area contributed by atoms with E-state index in [4.69, 9.17) is 25.8 Å². The number of fused-ring (bicyclic) bond motifs is 2. The normalized spacial score (nSPS) is 18.2. The quantitative estimate of drug-likeness (QED) is 0.347. The molecule has 3 aliphatic heterocycles. The number of likely N-dealkylation sites (N-methyl/N-ethyl adjacent to an activating group) is 1. The molecular formula is C30H30ClN7O4. The van der Waals surface area contributed by atoms with Crippen molar-refractivity contribution in [1.82, 2.24) is 30.0 Å². The first-order valence-electron chi connectivity index (χ1n) is 13.9. The predicted octanol–water partition coefficient (Wildman–Crippen LogP) is 3.59. The van der Waals surface area contributed by atoms with Crippen LogP contribution < -0.4 is 19.1 Å². The van der Waals surface area contributed by atoms with Gasteiger partial charge in [-0.15, -0.1) is 5.10 Å². The van der Waals surface area contributed by atoms with Crippen molar-refractivity contribution < 1.29 is 19.0 Å². The number of nitrogens with zero attached hydrogens (tertiary/aromatic N) is 7. The Kier molecular flexibility index (Phi) is 6.83. The number of carbonyl (C=O) groups is 1. The Hall–Kier alpha value is -4.35. The molecule has 4 heterocycles. The zero-order chi connectivity index (χ0) is 28.8. The van der Waals surface area contributed by atoms with E-state index in [0.29, 0.717) is 46.7 Å². The van der Waals surface area contributed by atoms with Gasteiger partial charge in [0.05, 0.1) is 12.8 Å². The molecule has 4 aromatic rings. The zero-order valence-corrected chi connectivity index (χ0v) is 24.1. The number of piperazine rings is 1. The SMILES string of the molecule is COc1c2c(cc3c1[C@H](c1nnnn1-c1ccc(C(=O)N4CCN(c5cccc(Cl)c5)CC4)cc1)N(C)CC3)OCO2. The molecular weight excluding hydrogens is 558 g/mol. The minimum Gasteiger partial charge on any atom is -0.492 e. The van der Waals surface area contributed by atoms with Crippen LogP contribution in [0.1, 0.15) is 33.4 Å². The lowest BCUT2D eigenvalue weighted by atomic mass is 9.90. The second-order valence-corrected chi connectivity index (χ2v) is 11.0. The van der Waals surface area contributed by atoms with Gasteiger partial charge in [0.1, 0.15) is 6.04 Å². The number of hydrogen-bond donors (Lipinski definition) is 0. The van der Waals surface area contributed by atoms with Crippen LogP contribution in [-0.2, 0) is 6.42 Å². The fourth-order valence-electron chi connectivity index (χ4n) is 6.08. The highest BCUT2D eigenvalue weighted by Gasteiger charge is 2.38. The Balaban J connectivity index is 1.12. The fourth-order valence-corrected chi connectivity index (χ4v) is 6.26. The number of methoxy groups -OCH3 is 1. The van der Waals surface area contributed by atoms with Crippen molar-refractivity contribution in [1.29, 1.82) is 0 Å². The first kappa shape index (κ1) is 26.5. The molecule has 1 atom stereocenters. The van der Waals surface area contributed by atoms with E-state index >= 15 is 0 Å². The number of tetrazole rings is 1. The lowest BCUT2D eigenvalue weighted by Gasteiger charge is -2.36. The maximum atomic E-state index is 13.3. The van der Waals surface area contributed by atoms with Crippen LogP contribution in [0.2, 0.25) is 5.02 Å². The van der Waals surface area contributed by atoms with Crippen molar-refractivity contribution in [3.8, 4) is 22.9 Å². The Labute approximate surface area is 248 Å². The number of amides is 1. The van der Waals surface area contributed by atoms with Gasteiger partial charge in [-0.1, -0.05) is 17.7 Å². The Morgan fingerprint density at radius 1 is 1.00 bits per heavy atom. The molecule has 11 nitrogen and oxygen atoms in total. The Bertz CT molecular complexity index is 1640. The van der Waals surface area contributed by atoms with Crippen LogP contribution in [0.3, 0.4) is 0 Å². The second kappa shape index (κ2) is 10.8. The van der Waals surface area contributed by atoms with Gasteiger partial charge in [-0.25, -0.2) is 0 Å². The maximum absolute atomic E-state index is 13.3. The molecule has 0 spiro atoms. The summed E-state index contributed by atoms with van der Waals surface area (Å²) in [6.45, 7) is 3.74. The van der Waals surface area contributed by atoms with Crippen molar-refractivity contribution in [3.63, 3.8) is 0 Å². The van der Waals surface area contributed by atoms with E-state index in [9.17, 15) is 4.79 Å². The average molecular weight is 588 g/mol. The Morgan fingerprint density at radius 3 is 2.57 bits per heavy atom. The van der Waals surface area contributed by atoms with Crippen molar-refractivity contribution in [2.45, 2.75) is 12.5 Å². The van der Waals surface area contributed by atoms with Crippen LogP contribution in [0.4, 0.5) is 5.69 Å². The van der Waals surface area contributed by atoms with E-state index in [0.717, 1.165) is 48.6 Å². The third kappa shape index (κ3) is 4.58. The van der Waals surface area contributed by atoms with Crippen molar-refractivity contribution >= 4 is 23.2 Å². The van der Waals surface area contributed by atoms with E-state index in [-0.39, 0.29) is 18.7 Å². The molecule has 0 bridgehead atoms. The number of rotatable bonds is 5. The minimum absolute atomic E-state index is 0.00554. The van der Waals surface area contributed by atoms with Gasteiger partial charge in [0, 0.05) is 54.6 Å². The van der Waals surface area contributed by atoms with Gasteiger partial charge in [-0.3, -0.25) is 9.69 Å². The van der Waals surface area contributed by atoms with Gasteiger partial charge in [-0.05, 0) is 78.0 Å². The van der Waals surface area contributed by atoms with Crippen LogP contribution >= 0.6 is 11.6 Å². The third-order valence-corrected chi connectivity index (χ3v) is 8.47. The van der Waals surface area contributed by atoms with Gasteiger partial charge >= 0.3 is 0 Å². The molecule has 0 N–H and O–H groups in total. The summed E-state index contributed by atoms with van der Waals surface area (Å²) in [6.07, 6.45) is 0.834. The number of anilines is 1. The van der Waals surface area contributed by atoms with Crippen molar-refractivity contribution in [2.75, 3.05) is 58.6 Å². The zero-order valence-electron chi connectivity index (χ0n) is 23.4. The van der Waals surface area contributed by atoms with Crippen LogP contribution in [0.5, 0.6) is 17.2 Å². The summed E-state index contributed by atoms with van der Waals surface area (Å²) >= 11 is 6.17. The molecule has 216 valence electrons. The molecule has 7 rings (SSSR count). The number of carbonyl (C=O) groups excluding carboxylic acids is 1. The molecule has 42 heavy (non-hydrogen) atoms. The Morgan fingerprint density at radius 2 is 1.81 bits per heavy atom. The highest BCUT2D eigenvalue weighted by Crippen LogP contribution is 2.50. The number of benzene rings is 3. The molecule has 0 saturated carbocycles. The van der Waals surface area contributed by atoms with Crippen LogP contribution in [0.15, 0.2) is 54.6 Å². The number of halogens is 1. The fraction of sp³-hybridized carbons (Fsp3) is 0.333. The van der Waals surface area contributed by atoms with Crippen molar-refractivity contribution in [2.24, 2.45) is 0 Å². The largest absolute Gasteiger partial charge is 0.492 e. The summed E-state index contributed by atoms with van der Waals surface area (Å²) in [4.78, 5) is 19.7. The molecule has 0 radical (unpaired) electrons. The van der Waals surface area contributed by atoms with Gasteiger partial charge in [0.15, 0.2) is 17.3 Å². The summed E-state index contributed by atoms with van der Waals surface area (Å²) in [5.74, 6) is 2.59. The van der Waals surface area contributed by atoms with E-state index in [1.54, 1.807) is 11.8 Å². The monoisotopic (exact) mass is 587 g/mol. The highest BCUT2D eigenvalue weighted by atomic mass is 35.5. The standard InChI is InChI=1S/C30H30ClN7O4/c1-35-11-10-20-16-24-27(42-18-41-24)28(40-2)25(20)26(35)29-32-33-34-38(29)22-8-6-19(7-9-22)30(39)37-14-12-36(13-15-37)23-5-3-4-21(31)17-23/h3-9,16-17,26H,10-15,18H2,1-2H3/t26-/m1/s1. The van der Waals surface area contributed by atoms with Gasteiger partial charge in [-0.2, -0.15) is 4.68 Å². The van der Waals surface area contributed by atoms with Gasteiger partial charge in [0.2, 0.25) is 12.5 Å². The van der Waals surface area contributed by atoms with Gasteiger partial charge in [0.25, 0.3) is 5.91 Å². The number of ether oxygens (including phenoxy) is 3. The summed E-state index contributed by atoms with van der Waals surface area (Å²) in [6, 6.07) is 17.0. The van der Waals surface area contributed by atoms with E-state index in [2.05, 4.69) is 25.3 Å². The van der Waals surface area contributed by atoms with E-state index in [1.165, 1.54) is 0 Å². The van der Waals surface area contributed by atoms with Crippen LogP contribution in [0, 0.1) is 0 Å². The molecule has 3 aromatic carbocycles. The lowest BCUT2D eigenvalue weighted by Crippen LogP contribution is -2.48. The minimum atomic E-state index is -0.273. The maximum Gasteiger partial charge on any atom is 0.253 e. The summed E-state index contributed by atoms with van der Waals surface area (Å²) < 4.78 is 19.0. The summed E-state index contributed by atoms with van der Waals surface area (Å²) in [5.41, 5.74) is 4.54. The topological polar surface area (TPSA) is 98.1 Å². The van der Waals surface area contributed by atoms with E-state index < -0.39 is 0 Å². The molecule has 1 fully saturated rings. The first-order chi connectivity index (χ1) is 20.5. The summed E-state index contributed by atoms with van der Waals surface area (Å²) in [7, 11) is 3.68. The van der Waals surface area contributed by atoms with Crippen LogP contribution in [0.25, 0.3) is 5.69 Å². The summed E-state index contributed by atoms with van der Waals surface area (Å²) in [5, 5.41) is 13.5. The number of hydrogen-bond acceptors (Lipinski definition) is 9. The molecule has 1 aromatic heterocycles. The first-order valence-corrected chi connectivity index (χ1v) is 14.3. The second-order valence-electron chi connectivity index (χ2n) is 10.6. The molecule has 1 saturated heterocycles. The van der Waals surface area contributed by atoms with Crippen LogP contribution in [-0.4, -0.2) is 89.6 Å². The highest BCUT2D eigenvalue weighted by molar-refractivity contribution is 6.30. The van der Waals surface area contributed by atoms with E-state index in [1.807, 2.05) is 66.5 Å². The molecule has 12 heteroatoms. The third-order valence-electron chi connectivity index (χ3n) is 8.23. The predicted molar refractivity (Wildman–Crippen MR) is 156 cm³/mol. The average Bonchev–Trinajstić information content (AvgIpc) is 3.70. The molecule has 0 aliphatic carbocycles. The number of aromatic nitrogens is 4. The smallest absolute Gasteiger partial charge is 0.253 e.